The van der Waals surface area contributed by atoms with E-state index in [4.69, 9.17) is 9.47 Å². The predicted octanol–water partition coefficient (Wildman–Crippen LogP) is 5.65. The van der Waals surface area contributed by atoms with Crippen LogP contribution in [-0.2, 0) is 0 Å². The molecule has 12 heteroatoms. The average Bonchev–Trinajstić information content (AvgIpc) is 3.06. The Bertz CT molecular complexity index is 1670. The molecule has 0 aliphatic heterocycles. The van der Waals surface area contributed by atoms with E-state index in [-0.39, 0.29) is 33.6 Å². The van der Waals surface area contributed by atoms with Crippen molar-refractivity contribution in [2.75, 3.05) is 14.2 Å². The summed E-state index contributed by atoms with van der Waals surface area (Å²) < 4.78 is 10.3. The average molecular weight is 595 g/mol. The first-order valence-corrected chi connectivity index (χ1v) is 12.8. The SMILES string of the molecule is COc1ccc(C(=O)/C(C(=O)c2ccc([N+](=O)[O-])cc2)=C(/C(=O)c2ccc(OC)cc2)C(=O)c2ccc([N+](=O)[O-])cc2)cc1. The molecular weight excluding hydrogens is 572 g/mol. The molecule has 220 valence electrons. The van der Waals surface area contributed by atoms with Gasteiger partial charge in [-0.05, 0) is 72.8 Å². The van der Waals surface area contributed by atoms with Gasteiger partial charge in [0.05, 0.1) is 35.2 Å². The summed E-state index contributed by atoms with van der Waals surface area (Å²) in [5.41, 5.74) is -2.79. The maximum absolute atomic E-state index is 14.0. The smallest absolute Gasteiger partial charge is 0.269 e. The van der Waals surface area contributed by atoms with Crippen LogP contribution in [0.3, 0.4) is 0 Å². The van der Waals surface area contributed by atoms with Crippen LogP contribution in [0, 0.1) is 20.2 Å². The lowest BCUT2D eigenvalue weighted by molar-refractivity contribution is -0.385. The van der Waals surface area contributed by atoms with Crippen LogP contribution in [0.4, 0.5) is 11.4 Å². The van der Waals surface area contributed by atoms with Crippen LogP contribution in [0.25, 0.3) is 0 Å². The fourth-order valence-electron chi connectivity index (χ4n) is 4.19. The quantitative estimate of drug-likeness (QED) is 0.0498. The van der Waals surface area contributed by atoms with Gasteiger partial charge in [0.2, 0.25) is 0 Å². The van der Waals surface area contributed by atoms with Crippen molar-refractivity contribution in [3.63, 3.8) is 0 Å². The summed E-state index contributed by atoms with van der Waals surface area (Å²) in [5, 5.41) is 22.4. The lowest BCUT2D eigenvalue weighted by atomic mass is 9.84. The van der Waals surface area contributed by atoms with Crippen molar-refractivity contribution in [2.45, 2.75) is 0 Å². The number of allylic oxidation sites excluding steroid dienone is 2. The highest BCUT2D eigenvalue weighted by Crippen LogP contribution is 2.27. The number of ketones is 4. The van der Waals surface area contributed by atoms with Crippen molar-refractivity contribution < 1.29 is 38.5 Å². The Balaban J connectivity index is 2.01. The molecule has 0 aliphatic carbocycles. The molecule has 44 heavy (non-hydrogen) atoms. The van der Waals surface area contributed by atoms with E-state index in [1.807, 2.05) is 0 Å². The molecule has 0 bridgehead atoms. The maximum Gasteiger partial charge on any atom is 0.269 e. The van der Waals surface area contributed by atoms with E-state index in [1.165, 1.54) is 62.8 Å². The molecule has 0 fully saturated rings. The first-order chi connectivity index (χ1) is 21.0. The van der Waals surface area contributed by atoms with Crippen molar-refractivity contribution in [1.82, 2.24) is 0 Å². The Hall–Kier alpha value is -6.30. The highest BCUT2D eigenvalue weighted by Gasteiger charge is 2.34. The molecule has 0 amide bonds. The van der Waals surface area contributed by atoms with Gasteiger partial charge in [-0.3, -0.25) is 39.4 Å². The number of carbonyl (C=O) groups is 4. The highest BCUT2D eigenvalue weighted by atomic mass is 16.6. The number of ether oxygens (including phenoxy) is 2. The molecule has 4 aromatic carbocycles. The first kappa shape index (κ1) is 30.7. The van der Waals surface area contributed by atoms with Crippen LogP contribution >= 0.6 is 0 Å². The van der Waals surface area contributed by atoms with Gasteiger partial charge in [-0.25, -0.2) is 0 Å². The van der Waals surface area contributed by atoms with Crippen molar-refractivity contribution in [1.29, 1.82) is 0 Å². The Morgan fingerprint density at radius 2 is 0.682 bits per heavy atom. The molecule has 12 nitrogen and oxygen atoms in total. The number of non-ortho nitro benzene ring substituents is 2. The fourth-order valence-corrected chi connectivity index (χ4v) is 4.19. The highest BCUT2D eigenvalue weighted by molar-refractivity contribution is 6.42. The van der Waals surface area contributed by atoms with Crippen LogP contribution in [0.1, 0.15) is 41.4 Å². The lowest BCUT2D eigenvalue weighted by Gasteiger charge is -2.14. The zero-order chi connectivity index (χ0) is 32.0. The minimum Gasteiger partial charge on any atom is -0.497 e. The molecule has 0 saturated heterocycles. The number of carbonyl (C=O) groups excluding carboxylic acids is 4. The lowest BCUT2D eigenvalue weighted by Crippen LogP contribution is -2.25. The zero-order valence-electron chi connectivity index (χ0n) is 23.2. The number of hydrogen-bond donors (Lipinski definition) is 0. The van der Waals surface area contributed by atoms with Gasteiger partial charge in [0.15, 0.2) is 23.1 Å². The Kier molecular flexibility index (Phi) is 9.14. The van der Waals surface area contributed by atoms with Crippen molar-refractivity contribution >= 4 is 34.5 Å². The molecule has 4 aromatic rings. The number of methoxy groups -OCH3 is 2. The van der Waals surface area contributed by atoms with E-state index >= 15 is 0 Å². The van der Waals surface area contributed by atoms with E-state index < -0.39 is 44.1 Å². The standard InChI is InChI=1S/C32H22N2O10/c1-43-25-15-7-21(8-16-25)31(37)27(29(35)19-3-11-23(12-4-19)33(39)40)28(32(38)22-9-17-26(44-2)18-10-22)30(36)20-5-13-24(14-6-20)34(41)42/h3-18H,1-2H3/b28-27+. The van der Waals surface area contributed by atoms with Crippen LogP contribution in [0.15, 0.2) is 108 Å². The van der Waals surface area contributed by atoms with Gasteiger partial charge < -0.3 is 9.47 Å². The second-order valence-electron chi connectivity index (χ2n) is 9.13. The molecule has 0 aromatic heterocycles. The number of nitrogens with zero attached hydrogens (tertiary/aromatic N) is 2. The Labute approximate surface area is 249 Å². The second kappa shape index (κ2) is 13.1. The van der Waals surface area contributed by atoms with Crippen LogP contribution in [0.5, 0.6) is 11.5 Å². The normalized spacial score (nSPS) is 11.1. The van der Waals surface area contributed by atoms with E-state index in [0.717, 1.165) is 48.5 Å². The van der Waals surface area contributed by atoms with Gasteiger partial charge in [-0.1, -0.05) is 0 Å². The minimum atomic E-state index is -1.05. The molecular formula is C32H22N2O10. The third kappa shape index (κ3) is 6.44. The number of hydrogen-bond acceptors (Lipinski definition) is 10. The number of nitro benzene ring substituents is 2. The Morgan fingerprint density at radius 1 is 0.455 bits per heavy atom. The summed E-state index contributed by atoms with van der Waals surface area (Å²) in [7, 11) is 2.82. The van der Waals surface area contributed by atoms with E-state index in [9.17, 15) is 39.4 Å². The summed E-state index contributed by atoms with van der Waals surface area (Å²) in [4.78, 5) is 77.2. The van der Waals surface area contributed by atoms with Crippen LogP contribution in [0.2, 0.25) is 0 Å². The molecule has 0 spiro atoms. The summed E-state index contributed by atoms with van der Waals surface area (Å²) in [5.74, 6) is -3.28. The van der Waals surface area contributed by atoms with Crippen molar-refractivity contribution in [3.8, 4) is 11.5 Å². The van der Waals surface area contributed by atoms with Gasteiger partial charge in [-0.2, -0.15) is 0 Å². The summed E-state index contributed by atoms with van der Waals surface area (Å²) in [6, 6.07) is 19.8. The Morgan fingerprint density at radius 3 is 0.886 bits per heavy atom. The molecule has 0 saturated carbocycles. The van der Waals surface area contributed by atoms with Gasteiger partial charge in [0, 0.05) is 46.5 Å². The predicted molar refractivity (Wildman–Crippen MR) is 157 cm³/mol. The molecule has 0 aliphatic rings. The molecule has 0 unspecified atom stereocenters. The van der Waals surface area contributed by atoms with E-state index in [1.54, 1.807) is 0 Å². The molecule has 0 radical (unpaired) electrons. The number of Topliss-reactive ketones (excluding diaryl/α,β-unsaturated/α-hetero) is 4. The number of benzene rings is 4. The molecule has 0 N–H and O–H groups in total. The second-order valence-corrected chi connectivity index (χ2v) is 9.13. The van der Waals surface area contributed by atoms with Crippen molar-refractivity contribution in [2.24, 2.45) is 0 Å². The van der Waals surface area contributed by atoms with Crippen molar-refractivity contribution in [3.05, 3.63) is 151 Å². The third-order valence-corrected chi connectivity index (χ3v) is 6.54. The molecule has 4 rings (SSSR count). The number of nitro groups is 2. The number of rotatable bonds is 12. The third-order valence-electron chi connectivity index (χ3n) is 6.54. The maximum atomic E-state index is 14.0. The monoisotopic (exact) mass is 594 g/mol. The fraction of sp³-hybridized carbons (Fsp3) is 0.0625. The van der Waals surface area contributed by atoms with Gasteiger partial charge in [0.25, 0.3) is 11.4 Å². The van der Waals surface area contributed by atoms with Crippen LogP contribution in [-0.4, -0.2) is 47.2 Å². The van der Waals surface area contributed by atoms with Crippen LogP contribution < -0.4 is 9.47 Å². The molecule has 0 heterocycles. The van der Waals surface area contributed by atoms with Gasteiger partial charge in [-0.15, -0.1) is 0 Å². The zero-order valence-corrected chi connectivity index (χ0v) is 23.2. The summed E-state index contributed by atoms with van der Waals surface area (Å²) in [6.45, 7) is 0. The van der Waals surface area contributed by atoms with Gasteiger partial charge in [0.1, 0.15) is 11.5 Å². The van der Waals surface area contributed by atoms with E-state index in [0.29, 0.717) is 11.5 Å². The summed E-state index contributed by atoms with van der Waals surface area (Å²) >= 11 is 0. The molecule has 0 atom stereocenters. The first-order valence-electron chi connectivity index (χ1n) is 12.8. The van der Waals surface area contributed by atoms with Gasteiger partial charge >= 0.3 is 0 Å². The minimum absolute atomic E-state index is 0.0624. The summed E-state index contributed by atoms with van der Waals surface area (Å²) in [6.07, 6.45) is 0. The largest absolute Gasteiger partial charge is 0.497 e. The van der Waals surface area contributed by atoms with E-state index in [2.05, 4.69) is 0 Å². The topological polar surface area (TPSA) is 173 Å².